The first-order valence-electron chi connectivity index (χ1n) is 31.3. The lowest BCUT2D eigenvalue weighted by Crippen LogP contribution is -2.50. The quantitative estimate of drug-likeness (QED) is 0.0360. The highest BCUT2D eigenvalue weighted by molar-refractivity contribution is 6.07. The van der Waals surface area contributed by atoms with E-state index < -0.39 is 48.0 Å². The summed E-state index contributed by atoms with van der Waals surface area (Å²) in [5.74, 6) is -1.14. The molecule has 4 unspecified atom stereocenters. The van der Waals surface area contributed by atoms with Gasteiger partial charge in [-0.05, 0) is 74.6 Å². The van der Waals surface area contributed by atoms with E-state index in [1.807, 2.05) is 58.2 Å². The number of benzene rings is 3. The number of nitrogens with one attached hydrogen (secondary N) is 4. The third-order valence-corrected chi connectivity index (χ3v) is 14.0. The lowest BCUT2D eigenvalue weighted by Gasteiger charge is -2.31. The van der Waals surface area contributed by atoms with E-state index in [4.69, 9.17) is 42.6 Å². The zero-order valence-electron chi connectivity index (χ0n) is 54.7. The van der Waals surface area contributed by atoms with E-state index in [1.54, 1.807) is 60.6 Å². The average molecular weight is 1280 g/mol. The van der Waals surface area contributed by atoms with Gasteiger partial charge >= 0.3 is 6.09 Å². The van der Waals surface area contributed by atoms with Crippen molar-refractivity contribution in [2.24, 2.45) is 4.99 Å². The van der Waals surface area contributed by atoms with Crippen LogP contribution in [0.3, 0.4) is 0 Å². The van der Waals surface area contributed by atoms with E-state index in [1.165, 1.54) is 44.6 Å². The summed E-state index contributed by atoms with van der Waals surface area (Å²) in [6.07, 6.45) is 13.2. The van der Waals surface area contributed by atoms with Gasteiger partial charge in [-0.2, -0.15) is 0 Å². The summed E-state index contributed by atoms with van der Waals surface area (Å²) in [6, 6.07) is 10.6. The Kier molecular flexibility index (Phi) is 31.9. The number of amides is 7. The molecule has 25 nitrogen and oxygen atoms in total. The Morgan fingerprint density at radius 3 is 1.86 bits per heavy atom. The highest BCUT2D eigenvalue weighted by Gasteiger charge is 2.45. The molecule has 4 aliphatic rings. The first kappa shape index (κ1) is 74.1. The molecule has 0 aromatic heterocycles. The van der Waals surface area contributed by atoms with Gasteiger partial charge in [-0.15, -0.1) is 0 Å². The maximum absolute atomic E-state index is 14.3. The van der Waals surface area contributed by atoms with Crippen LogP contribution in [0.15, 0.2) is 101 Å². The van der Waals surface area contributed by atoms with Crippen LogP contribution >= 0.6 is 0 Å². The van der Waals surface area contributed by atoms with Crippen LogP contribution in [0, 0.1) is 0 Å². The lowest BCUT2D eigenvalue weighted by atomic mass is 10.1. The number of methoxy groups -OCH3 is 2. The van der Waals surface area contributed by atoms with Crippen molar-refractivity contribution in [2.75, 3.05) is 104 Å². The van der Waals surface area contributed by atoms with Gasteiger partial charge in [-0.3, -0.25) is 33.8 Å². The molecule has 7 amide bonds. The van der Waals surface area contributed by atoms with Crippen LogP contribution < -0.4 is 45.1 Å². The number of aliphatic imine (C=N–C) groups is 1. The van der Waals surface area contributed by atoms with Crippen molar-refractivity contribution in [3.63, 3.8) is 0 Å². The Hall–Kier alpha value is -8.62. The molecule has 0 saturated heterocycles. The van der Waals surface area contributed by atoms with Gasteiger partial charge < -0.3 is 78.8 Å². The number of rotatable bonds is 33. The van der Waals surface area contributed by atoms with Crippen LogP contribution in [-0.2, 0) is 49.5 Å². The summed E-state index contributed by atoms with van der Waals surface area (Å²) in [4.78, 5) is 100. The molecule has 502 valence electrons. The number of ether oxygens (including phenoxy) is 9. The summed E-state index contributed by atoms with van der Waals surface area (Å²) in [7, 11) is 2.91. The Bertz CT molecular complexity index is 3090. The minimum Gasteiger partial charge on any atom is -0.493 e. The number of nitrogens with zero attached hydrogens (tertiary/aromatic N) is 4. The summed E-state index contributed by atoms with van der Waals surface area (Å²) < 4.78 is 51.2. The van der Waals surface area contributed by atoms with Gasteiger partial charge in [0.15, 0.2) is 29.2 Å². The smallest absolute Gasteiger partial charge is 0.416 e. The lowest BCUT2D eigenvalue weighted by molar-refractivity contribution is -0.128. The fourth-order valence-electron chi connectivity index (χ4n) is 9.55. The Balaban J connectivity index is 0.00000298. The molecule has 0 saturated carbocycles. The van der Waals surface area contributed by atoms with Crippen LogP contribution in [0.25, 0.3) is 0 Å². The number of aliphatic hydroxyl groups is 1. The van der Waals surface area contributed by atoms with E-state index in [9.17, 15) is 38.7 Å². The SMILES string of the molecule is C/C=C/C1=CN2C(=O)c3cc(OC)c(OCCCOc4cc5c(cc4OC)C(=O)N4C=C(/C=C/C)CC4C(O)N5C(=O)OCc4ccc(NC(=O)C(C)NC(=O)CNC(=O)CCOCCOCCOCCOCCNC(=O)CC)cc4)cc3N=CC2C1.CC.CCC. The summed E-state index contributed by atoms with van der Waals surface area (Å²) >= 11 is 0. The number of aliphatic hydroxyl groups excluding tert-OH is 1. The van der Waals surface area contributed by atoms with E-state index in [0.717, 1.165) is 16.0 Å². The second kappa shape index (κ2) is 39.6. The van der Waals surface area contributed by atoms with Crippen molar-refractivity contribution in [3.05, 3.63) is 113 Å². The minimum absolute atomic E-state index is 0.00841. The molecule has 4 heterocycles. The van der Waals surface area contributed by atoms with Crippen LogP contribution in [0.4, 0.5) is 21.9 Å². The third kappa shape index (κ3) is 22.1. The van der Waals surface area contributed by atoms with Gasteiger partial charge in [0.1, 0.15) is 12.6 Å². The fourth-order valence-corrected chi connectivity index (χ4v) is 9.55. The topological polar surface area (TPSA) is 293 Å². The van der Waals surface area contributed by atoms with Gasteiger partial charge in [0.05, 0.1) is 121 Å². The average Bonchev–Trinajstić information content (AvgIpc) is 1.59. The molecule has 7 rings (SSSR count). The Morgan fingerprint density at radius 2 is 1.25 bits per heavy atom. The maximum Gasteiger partial charge on any atom is 0.416 e. The van der Waals surface area contributed by atoms with E-state index in [0.29, 0.717) is 99.4 Å². The molecule has 25 heteroatoms. The molecule has 5 N–H and O–H groups in total. The van der Waals surface area contributed by atoms with Crippen molar-refractivity contribution in [3.8, 4) is 23.0 Å². The molecule has 3 aromatic carbocycles. The molecular weight excluding hydrogens is 1190 g/mol. The molecule has 3 aromatic rings. The van der Waals surface area contributed by atoms with Gasteiger partial charge in [0, 0.05) is 62.2 Å². The highest BCUT2D eigenvalue weighted by atomic mass is 16.6. The first-order chi connectivity index (χ1) is 44.6. The Labute approximate surface area is 539 Å². The largest absolute Gasteiger partial charge is 0.493 e. The fraction of sp³-hybridized carbons (Fsp3) is 0.493. The van der Waals surface area contributed by atoms with Gasteiger partial charge in [-0.1, -0.05) is 77.5 Å². The predicted octanol–water partition coefficient (Wildman–Crippen LogP) is 8.08. The molecule has 0 fully saturated rings. The zero-order chi connectivity index (χ0) is 67.0. The molecule has 0 bridgehead atoms. The number of hydrogen-bond acceptors (Lipinski definition) is 18. The monoisotopic (exact) mass is 1280 g/mol. The highest BCUT2D eigenvalue weighted by Crippen LogP contribution is 2.43. The van der Waals surface area contributed by atoms with Crippen LogP contribution in [0.1, 0.15) is 120 Å². The molecule has 4 atom stereocenters. The number of fused-ring (bicyclic) bond motifs is 4. The minimum atomic E-state index is -1.57. The van der Waals surface area contributed by atoms with Crippen LogP contribution in [-0.4, -0.2) is 180 Å². The number of allylic oxidation sites excluding steroid dienone is 4. The maximum atomic E-state index is 14.3. The number of carbonyl (C=O) groups is 7. The number of anilines is 2. The van der Waals surface area contributed by atoms with Gasteiger partial charge in [0.25, 0.3) is 11.8 Å². The van der Waals surface area contributed by atoms with Crippen LogP contribution in [0.2, 0.25) is 0 Å². The second-order valence-corrected chi connectivity index (χ2v) is 20.9. The zero-order valence-corrected chi connectivity index (χ0v) is 54.7. The normalized spacial score (nSPS) is 16.4. The summed E-state index contributed by atoms with van der Waals surface area (Å²) in [6.45, 7) is 18.0. The number of carbonyl (C=O) groups excluding carboxylic acids is 7. The van der Waals surface area contributed by atoms with E-state index in [-0.39, 0.29) is 93.0 Å². The molecule has 4 aliphatic heterocycles. The van der Waals surface area contributed by atoms with Crippen molar-refractivity contribution < 1.29 is 81.3 Å². The summed E-state index contributed by atoms with van der Waals surface area (Å²) in [5, 5.41) is 22.6. The van der Waals surface area contributed by atoms with Crippen molar-refractivity contribution in [2.45, 2.75) is 125 Å². The van der Waals surface area contributed by atoms with E-state index in [2.05, 4.69) is 40.1 Å². The second-order valence-electron chi connectivity index (χ2n) is 20.9. The van der Waals surface area contributed by atoms with Crippen LogP contribution in [0.5, 0.6) is 23.0 Å². The predicted molar refractivity (Wildman–Crippen MR) is 348 cm³/mol. The molecule has 0 spiro atoms. The molecular formula is C67H92N8O17. The van der Waals surface area contributed by atoms with Gasteiger partial charge in [-0.25, -0.2) is 9.69 Å². The number of hydrogen-bond donors (Lipinski definition) is 5. The Morgan fingerprint density at radius 1 is 0.685 bits per heavy atom. The van der Waals surface area contributed by atoms with Crippen molar-refractivity contribution in [1.29, 1.82) is 0 Å². The van der Waals surface area contributed by atoms with E-state index >= 15 is 0 Å². The summed E-state index contributed by atoms with van der Waals surface area (Å²) in [5.41, 5.74) is 3.59. The molecule has 0 aliphatic carbocycles. The molecule has 0 radical (unpaired) electrons. The first-order valence-corrected chi connectivity index (χ1v) is 31.3. The van der Waals surface area contributed by atoms with Gasteiger partial charge in [0.2, 0.25) is 23.6 Å². The standard InChI is InChI=1S/C62H78N8O17.C3H8.C2H6/c1-7-11-42-29-45-35-64-48-33-53(51(79-5)31-46(48)59(75)68(45)37-42)85-19-10-20-86-54-34-49-47(32-52(54)80-6)60(76)69-38-43(12-8-2)30-50(69)61(77)70(49)62(78)87-39-41-13-15-44(16-14-41)67-58(74)40(4)66-57(73)36-65-56(72)17-21-81-23-25-83-27-28-84-26-24-82-22-18-63-55(71)9-3;1-3-2;1-2/h7-8,11-16,31-35,37-38,40,45,50,61,77H,9-10,17-30,36,39H2,1-6H3,(H,63,71)(H,65,72)(H,66,73)(H,67,74);3H2,1-2H3;1-2H3/b11-7+,12-8+;;. The molecule has 92 heavy (non-hydrogen) atoms. The van der Waals surface area contributed by atoms with Crippen molar-refractivity contribution in [1.82, 2.24) is 25.8 Å². The van der Waals surface area contributed by atoms with Crippen molar-refractivity contribution >= 4 is 64.8 Å². The third-order valence-electron chi connectivity index (χ3n) is 14.0.